The van der Waals surface area contributed by atoms with E-state index >= 15 is 0 Å². The minimum absolute atomic E-state index is 0.520. The van der Waals surface area contributed by atoms with Crippen LogP contribution in [0.2, 0.25) is 0 Å². The lowest BCUT2D eigenvalue weighted by Gasteiger charge is -2.06. The van der Waals surface area contributed by atoms with Crippen LogP contribution in [0, 0.1) is 0 Å². The van der Waals surface area contributed by atoms with Gasteiger partial charge in [0.25, 0.3) is 0 Å². The maximum Gasteiger partial charge on any atom is 0.0932 e. The van der Waals surface area contributed by atoms with Crippen LogP contribution in [-0.2, 0) is 0 Å². The highest BCUT2D eigenvalue weighted by molar-refractivity contribution is 5.58. The fraction of sp³-hybridized carbons (Fsp3) is 0.154. The molecule has 1 N–H and O–H groups in total. The molecule has 0 aliphatic heterocycles. The average Bonchev–Trinajstić information content (AvgIpc) is 2.30. The van der Waals surface area contributed by atoms with Gasteiger partial charge in [-0.15, -0.1) is 0 Å². The summed E-state index contributed by atoms with van der Waals surface area (Å²) in [7, 11) is 0. The Morgan fingerprint density at radius 2 is 1.73 bits per heavy atom. The van der Waals surface area contributed by atoms with Gasteiger partial charge in [-0.05, 0) is 19.1 Å². The molecule has 0 fully saturated rings. The number of hydrogen-bond donors (Lipinski definition) is 1. The summed E-state index contributed by atoms with van der Waals surface area (Å²) in [4.78, 5) is 4.39. The number of nitrogens with zero attached hydrogens (tertiary/aromatic N) is 1. The Kier molecular flexibility index (Phi) is 2.79. The molecule has 1 heterocycles. The van der Waals surface area contributed by atoms with Crippen molar-refractivity contribution >= 4 is 0 Å². The molecule has 1 atom stereocenters. The highest BCUT2D eigenvalue weighted by atomic mass is 16.3. The highest BCUT2D eigenvalue weighted by Crippen LogP contribution is 2.18. The predicted octanol–water partition coefficient (Wildman–Crippen LogP) is 2.80. The van der Waals surface area contributed by atoms with Crippen molar-refractivity contribution in [3.8, 4) is 11.3 Å². The number of hydrogen-bond acceptors (Lipinski definition) is 2. The van der Waals surface area contributed by atoms with Gasteiger partial charge in [-0.2, -0.15) is 0 Å². The second-order valence-corrected chi connectivity index (χ2v) is 3.49. The lowest BCUT2D eigenvalue weighted by Crippen LogP contribution is -1.96. The summed E-state index contributed by atoms with van der Waals surface area (Å²) >= 11 is 0. The standard InChI is InChI=1S/C13H13NO/c1-10(15)12-8-5-9-13(14-12)11-6-3-2-4-7-11/h2-10,15H,1H3/t10-/m1/s1. The molecule has 0 saturated carbocycles. The van der Waals surface area contributed by atoms with Crippen molar-refractivity contribution in [2.75, 3.05) is 0 Å². The normalized spacial score (nSPS) is 12.4. The topological polar surface area (TPSA) is 33.1 Å². The van der Waals surface area contributed by atoms with Gasteiger partial charge in [-0.3, -0.25) is 4.98 Å². The molecule has 2 aromatic rings. The van der Waals surface area contributed by atoms with Crippen molar-refractivity contribution in [3.05, 3.63) is 54.2 Å². The highest BCUT2D eigenvalue weighted by Gasteiger charge is 2.04. The summed E-state index contributed by atoms with van der Waals surface area (Å²) < 4.78 is 0. The van der Waals surface area contributed by atoms with Crippen LogP contribution in [0.1, 0.15) is 18.7 Å². The Bertz CT molecular complexity index is 437. The molecule has 1 aromatic heterocycles. The van der Waals surface area contributed by atoms with E-state index in [1.54, 1.807) is 6.92 Å². The van der Waals surface area contributed by atoms with E-state index in [0.717, 1.165) is 11.3 Å². The molecule has 0 aliphatic rings. The monoisotopic (exact) mass is 199 g/mol. The molecule has 15 heavy (non-hydrogen) atoms. The summed E-state index contributed by atoms with van der Waals surface area (Å²) in [5.41, 5.74) is 2.67. The molecule has 0 aliphatic carbocycles. The zero-order valence-electron chi connectivity index (χ0n) is 8.59. The summed E-state index contributed by atoms with van der Waals surface area (Å²) in [6, 6.07) is 15.6. The molecule has 76 valence electrons. The second-order valence-electron chi connectivity index (χ2n) is 3.49. The quantitative estimate of drug-likeness (QED) is 0.806. The number of benzene rings is 1. The number of aliphatic hydroxyl groups is 1. The van der Waals surface area contributed by atoms with Crippen LogP contribution in [0.4, 0.5) is 0 Å². The average molecular weight is 199 g/mol. The first-order valence-corrected chi connectivity index (χ1v) is 4.98. The Hall–Kier alpha value is -1.67. The van der Waals surface area contributed by atoms with Crippen LogP contribution in [-0.4, -0.2) is 10.1 Å². The van der Waals surface area contributed by atoms with Crippen molar-refractivity contribution < 1.29 is 5.11 Å². The van der Waals surface area contributed by atoms with Crippen molar-refractivity contribution in [1.82, 2.24) is 4.98 Å². The lowest BCUT2D eigenvalue weighted by molar-refractivity contribution is 0.194. The van der Waals surface area contributed by atoms with Gasteiger partial charge in [0.2, 0.25) is 0 Å². The minimum atomic E-state index is -0.520. The van der Waals surface area contributed by atoms with Gasteiger partial charge in [0, 0.05) is 5.56 Å². The maximum absolute atomic E-state index is 9.43. The Balaban J connectivity index is 2.42. The number of pyridine rings is 1. The first kappa shape index (κ1) is 9.87. The molecular formula is C13H13NO. The van der Waals surface area contributed by atoms with Gasteiger partial charge in [0.15, 0.2) is 0 Å². The second kappa shape index (κ2) is 4.24. The van der Waals surface area contributed by atoms with Crippen molar-refractivity contribution in [1.29, 1.82) is 0 Å². The SMILES string of the molecule is C[C@@H](O)c1cccc(-c2ccccc2)n1. The molecule has 2 nitrogen and oxygen atoms in total. The van der Waals surface area contributed by atoms with E-state index in [1.807, 2.05) is 48.5 Å². The van der Waals surface area contributed by atoms with Gasteiger partial charge in [0.1, 0.15) is 0 Å². The Morgan fingerprint density at radius 3 is 2.40 bits per heavy atom. The van der Waals surface area contributed by atoms with E-state index in [2.05, 4.69) is 4.98 Å². The van der Waals surface area contributed by atoms with E-state index in [-0.39, 0.29) is 0 Å². The third kappa shape index (κ3) is 2.22. The first-order valence-electron chi connectivity index (χ1n) is 4.98. The fourth-order valence-electron chi connectivity index (χ4n) is 1.45. The first-order chi connectivity index (χ1) is 7.27. The van der Waals surface area contributed by atoms with Gasteiger partial charge in [0.05, 0.1) is 17.5 Å². The third-order valence-corrected chi connectivity index (χ3v) is 2.27. The molecule has 0 unspecified atom stereocenters. The molecule has 0 radical (unpaired) electrons. The largest absolute Gasteiger partial charge is 0.387 e. The zero-order valence-corrected chi connectivity index (χ0v) is 8.59. The lowest BCUT2D eigenvalue weighted by atomic mass is 10.1. The Labute approximate surface area is 89.2 Å². The third-order valence-electron chi connectivity index (χ3n) is 2.27. The minimum Gasteiger partial charge on any atom is -0.387 e. The molecule has 2 heteroatoms. The fourth-order valence-corrected chi connectivity index (χ4v) is 1.45. The molecule has 0 spiro atoms. The maximum atomic E-state index is 9.43. The summed E-state index contributed by atoms with van der Waals surface area (Å²) in [6.45, 7) is 1.72. The van der Waals surface area contributed by atoms with E-state index < -0.39 is 6.10 Å². The molecule has 2 rings (SSSR count). The van der Waals surface area contributed by atoms with E-state index in [1.165, 1.54) is 0 Å². The predicted molar refractivity (Wildman–Crippen MR) is 60.3 cm³/mol. The van der Waals surface area contributed by atoms with Crippen molar-refractivity contribution in [2.45, 2.75) is 13.0 Å². The summed E-state index contributed by atoms with van der Waals surface area (Å²) in [5, 5.41) is 9.43. The van der Waals surface area contributed by atoms with Gasteiger partial charge in [-0.1, -0.05) is 36.4 Å². The Morgan fingerprint density at radius 1 is 1.00 bits per heavy atom. The van der Waals surface area contributed by atoms with Crippen LogP contribution < -0.4 is 0 Å². The van der Waals surface area contributed by atoms with Gasteiger partial charge < -0.3 is 5.11 Å². The zero-order chi connectivity index (χ0) is 10.7. The number of aliphatic hydroxyl groups excluding tert-OH is 1. The van der Waals surface area contributed by atoms with Gasteiger partial charge in [-0.25, -0.2) is 0 Å². The van der Waals surface area contributed by atoms with E-state index in [4.69, 9.17) is 0 Å². The molecule has 0 bridgehead atoms. The molecule has 1 aromatic carbocycles. The smallest absolute Gasteiger partial charge is 0.0932 e. The number of aromatic nitrogens is 1. The van der Waals surface area contributed by atoms with Crippen LogP contribution in [0.15, 0.2) is 48.5 Å². The van der Waals surface area contributed by atoms with Crippen LogP contribution in [0.5, 0.6) is 0 Å². The number of rotatable bonds is 2. The van der Waals surface area contributed by atoms with Gasteiger partial charge >= 0.3 is 0 Å². The van der Waals surface area contributed by atoms with E-state index in [9.17, 15) is 5.11 Å². The van der Waals surface area contributed by atoms with Crippen LogP contribution in [0.3, 0.4) is 0 Å². The summed E-state index contributed by atoms with van der Waals surface area (Å²) in [6.07, 6.45) is -0.520. The molecule has 0 amide bonds. The molecular weight excluding hydrogens is 186 g/mol. The van der Waals surface area contributed by atoms with Crippen molar-refractivity contribution in [2.24, 2.45) is 0 Å². The van der Waals surface area contributed by atoms with Crippen molar-refractivity contribution in [3.63, 3.8) is 0 Å². The molecule has 0 saturated heterocycles. The summed E-state index contributed by atoms with van der Waals surface area (Å²) in [5.74, 6) is 0. The van der Waals surface area contributed by atoms with Crippen LogP contribution >= 0.6 is 0 Å². The van der Waals surface area contributed by atoms with E-state index in [0.29, 0.717) is 5.69 Å². The van der Waals surface area contributed by atoms with Crippen LogP contribution in [0.25, 0.3) is 11.3 Å².